The van der Waals surface area contributed by atoms with Gasteiger partial charge in [0, 0.05) is 10.6 Å². The van der Waals surface area contributed by atoms with Crippen LogP contribution in [-0.2, 0) is 14.4 Å². The molecule has 2 aromatic carbocycles. The highest BCUT2D eigenvalue weighted by Crippen LogP contribution is 2.35. The summed E-state index contributed by atoms with van der Waals surface area (Å²) in [5.74, 6) is -2.01. The molecule has 1 aliphatic rings. The number of anilines is 2. The Balaban J connectivity index is 1.79. The maximum atomic E-state index is 12.5. The molecule has 1 heterocycles. The van der Waals surface area contributed by atoms with Crippen molar-refractivity contribution in [3.63, 3.8) is 0 Å². The lowest BCUT2D eigenvalue weighted by molar-refractivity contribution is -0.136. The van der Waals surface area contributed by atoms with Crippen molar-refractivity contribution in [2.75, 3.05) is 10.6 Å². The molecule has 2 amide bonds. The van der Waals surface area contributed by atoms with Crippen LogP contribution < -0.4 is 10.6 Å². The van der Waals surface area contributed by atoms with Gasteiger partial charge in [-0.15, -0.1) is 11.8 Å². The fourth-order valence-electron chi connectivity index (χ4n) is 2.53. The molecule has 2 N–H and O–H groups in total. The summed E-state index contributed by atoms with van der Waals surface area (Å²) in [4.78, 5) is 37.7. The molecule has 5 nitrogen and oxygen atoms in total. The van der Waals surface area contributed by atoms with Gasteiger partial charge in [0.25, 0.3) is 5.91 Å². The summed E-state index contributed by atoms with van der Waals surface area (Å²) in [5, 5.41) is 4.23. The number of amides is 2. The summed E-state index contributed by atoms with van der Waals surface area (Å²) in [5.41, 5.74) is 2.99. The standard InChI is InChI=1S/C18H16N2O3S/c1-10-6-5-7-11(2)14(10)20-17(22)15(21)16-18(23)19-12-8-3-4-9-13(12)24-16/h3-9,16H,1-2H3,(H,19,23)(H,20,22). The van der Waals surface area contributed by atoms with E-state index in [1.54, 1.807) is 12.1 Å². The average Bonchev–Trinajstić information content (AvgIpc) is 2.57. The molecule has 0 saturated heterocycles. The Bertz CT molecular complexity index is 828. The van der Waals surface area contributed by atoms with Crippen molar-refractivity contribution >= 4 is 40.7 Å². The average molecular weight is 340 g/mol. The second-order valence-corrected chi connectivity index (χ2v) is 6.72. The van der Waals surface area contributed by atoms with E-state index >= 15 is 0 Å². The summed E-state index contributed by atoms with van der Waals surface area (Å²) < 4.78 is 0. The highest BCUT2D eigenvalue weighted by atomic mass is 32.2. The van der Waals surface area contributed by atoms with Crippen LogP contribution in [0.5, 0.6) is 0 Å². The van der Waals surface area contributed by atoms with Crippen molar-refractivity contribution in [1.82, 2.24) is 0 Å². The molecule has 0 spiro atoms. The van der Waals surface area contributed by atoms with E-state index < -0.39 is 22.8 Å². The third kappa shape index (κ3) is 3.05. The van der Waals surface area contributed by atoms with Gasteiger partial charge < -0.3 is 10.6 Å². The minimum absolute atomic E-state index is 0.472. The topological polar surface area (TPSA) is 75.3 Å². The van der Waals surface area contributed by atoms with Crippen LogP contribution in [0, 0.1) is 13.8 Å². The highest BCUT2D eigenvalue weighted by Gasteiger charge is 2.36. The van der Waals surface area contributed by atoms with Crippen LogP contribution in [0.1, 0.15) is 11.1 Å². The number of para-hydroxylation sites is 2. The monoisotopic (exact) mass is 340 g/mol. The van der Waals surface area contributed by atoms with Crippen LogP contribution in [0.2, 0.25) is 0 Å². The molecule has 24 heavy (non-hydrogen) atoms. The summed E-state index contributed by atoms with van der Waals surface area (Å²) in [6.07, 6.45) is 0. The molecule has 2 aromatic rings. The van der Waals surface area contributed by atoms with E-state index in [1.165, 1.54) is 0 Å². The number of fused-ring (bicyclic) bond motifs is 1. The molecule has 122 valence electrons. The largest absolute Gasteiger partial charge is 0.324 e. The summed E-state index contributed by atoms with van der Waals surface area (Å²) in [6.45, 7) is 3.71. The summed E-state index contributed by atoms with van der Waals surface area (Å²) in [6, 6.07) is 12.8. The summed E-state index contributed by atoms with van der Waals surface area (Å²) >= 11 is 1.10. The van der Waals surface area contributed by atoms with Crippen molar-refractivity contribution in [3.05, 3.63) is 53.6 Å². The van der Waals surface area contributed by atoms with Crippen molar-refractivity contribution in [2.45, 2.75) is 24.0 Å². The third-order valence-corrected chi connectivity index (χ3v) is 5.08. The zero-order chi connectivity index (χ0) is 17.3. The van der Waals surface area contributed by atoms with Gasteiger partial charge in [-0.25, -0.2) is 0 Å². The van der Waals surface area contributed by atoms with E-state index in [0.29, 0.717) is 11.4 Å². The molecule has 0 fully saturated rings. The molecule has 1 unspecified atom stereocenters. The maximum Gasteiger partial charge on any atom is 0.293 e. The first-order valence-corrected chi connectivity index (χ1v) is 8.33. The Morgan fingerprint density at radius 3 is 2.42 bits per heavy atom. The highest BCUT2D eigenvalue weighted by molar-refractivity contribution is 8.01. The van der Waals surface area contributed by atoms with Gasteiger partial charge in [0.15, 0.2) is 5.25 Å². The zero-order valence-electron chi connectivity index (χ0n) is 13.3. The van der Waals surface area contributed by atoms with Gasteiger partial charge in [0.05, 0.1) is 5.69 Å². The number of benzene rings is 2. The van der Waals surface area contributed by atoms with E-state index in [9.17, 15) is 14.4 Å². The lowest BCUT2D eigenvalue weighted by Gasteiger charge is -2.22. The van der Waals surface area contributed by atoms with Crippen molar-refractivity contribution in [3.8, 4) is 0 Å². The van der Waals surface area contributed by atoms with Gasteiger partial charge in [0.1, 0.15) is 0 Å². The van der Waals surface area contributed by atoms with Crippen molar-refractivity contribution in [2.24, 2.45) is 0 Å². The number of ketones is 1. The molecule has 0 aromatic heterocycles. The number of aryl methyl sites for hydroxylation is 2. The van der Waals surface area contributed by atoms with Crippen LogP contribution in [0.3, 0.4) is 0 Å². The molecule has 0 bridgehead atoms. The molecular formula is C18H16N2O3S. The SMILES string of the molecule is Cc1cccc(C)c1NC(=O)C(=O)C1Sc2ccccc2NC1=O. The molecule has 6 heteroatoms. The molecule has 1 aliphatic heterocycles. The van der Waals surface area contributed by atoms with E-state index in [-0.39, 0.29) is 0 Å². The first kappa shape index (κ1) is 16.3. The zero-order valence-corrected chi connectivity index (χ0v) is 14.1. The van der Waals surface area contributed by atoms with Crippen molar-refractivity contribution in [1.29, 1.82) is 0 Å². The van der Waals surface area contributed by atoms with E-state index in [1.807, 2.05) is 44.2 Å². The predicted molar refractivity (Wildman–Crippen MR) is 94.3 cm³/mol. The number of thioether (sulfide) groups is 1. The summed E-state index contributed by atoms with van der Waals surface area (Å²) in [7, 11) is 0. The molecule has 1 atom stereocenters. The number of carbonyl (C=O) groups excluding carboxylic acids is 3. The maximum absolute atomic E-state index is 12.5. The Hall–Kier alpha value is -2.60. The van der Waals surface area contributed by atoms with Crippen LogP contribution >= 0.6 is 11.8 Å². The number of nitrogens with one attached hydrogen (secondary N) is 2. The van der Waals surface area contributed by atoms with E-state index in [4.69, 9.17) is 0 Å². The van der Waals surface area contributed by atoms with Crippen LogP contribution in [-0.4, -0.2) is 22.8 Å². The number of hydrogen-bond donors (Lipinski definition) is 2. The lowest BCUT2D eigenvalue weighted by atomic mass is 10.1. The predicted octanol–water partition coefficient (Wildman–Crippen LogP) is 2.92. The minimum Gasteiger partial charge on any atom is -0.324 e. The van der Waals surface area contributed by atoms with Crippen molar-refractivity contribution < 1.29 is 14.4 Å². The minimum atomic E-state index is -1.08. The fraction of sp³-hybridized carbons (Fsp3) is 0.167. The smallest absolute Gasteiger partial charge is 0.293 e. The Kier molecular flexibility index (Phi) is 4.40. The van der Waals surface area contributed by atoms with Gasteiger partial charge >= 0.3 is 0 Å². The Labute approximate surface area is 143 Å². The second kappa shape index (κ2) is 6.49. The first-order valence-electron chi connectivity index (χ1n) is 7.45. The van der Waals surface area contributed by atoms with Gasteiger partial charge in [-0.2, -0.15) is 0 Å². The molecule has 0 aliphatic carbocycles. The van der Waals surface area contributed by atoms with Crippen LogP contribution in [0.4, 0.5) is 11.4 Å². The number of rotatable bonds is 3. The third-order valence-electron chi connectivity index (χ3n) is 3.81. The molecular weight excluding hydrogens is 324 g/mol. The fourth-order valence-corrected chi connectivity index (χ4v) is 3.57. The number of hydrogen-bond acceptors (Lipinski definition) is 4. The number of carbonyl (C=O) groups is 3. The van der Waals surface area contributed by atoms with Gasteiger partial charge in [-0.1, -0.05) is 30.3 Å². The quantitative estimate of drug-likeness (QED) is 0.665. The normalized spacial score (nSPS) is 16.1. The Morgan fingerprint density at radius 2 is 1.71 bits per heavy atom. The van der Waals surface area contributed by atoms with Gasteiger partial charge in [0.2, 0.25) is 11.7 Å². The second-order valence-electron chi connectivity index (χ2n) is 5.57. The molecule has 0 radical (unpaired) electrons. The number of Topliss-reactive ketones (excluding diaryl/α,β-unsaturated/α-hetero) is 1. The van der Waals surface area contributed by atoms with Gasteiger partial charge in [-0.3, -0.25) is 14.4 Å². The van der Waals surface area contributed by atoms with Crippen LogP contribution in [0.15, 0.2) is 47.4 Å². The van der Waals surface area contributed by atoms with Crippen LogP contribution in [0.25, 0.3) is 0 Å². The van der Waals surface area contributed by atoms with Gasteiger partial charge in [-0.05, 0) is 37.1 Å². The first-order chi connectivity index (χ1) is 11.5. The van der Waals surface area contributed by atoms with E-state index in [0.717, 1.165) is 27.8 Å². The Morgan fingerprint density at radius 1 is 1.04 bits per heavy atom. The molecule has 3 rings (SSSR count). The molecule has 0 saturated carbocycles. The van der Waals surface area contributed by atoms with E-state index in [2.05, 4.69) is 10.6 Å². The lowest BCUT2D eigenvalue weighted by Crippen LogP contribution is -2.41.